The van der Waals surface area contributed by atoms with E-state index < -0.39 is 7.12 Å². The number of nitrogens with zero attached hydrogens (tertiary/aromatic N) is 6. The molecule has 0 radical (unpaired) electrons. The molecule has 2 aromatic heterocycles. The van der Waals surface area contributed by atoms with Gasteiger partial charge in [0.05, 0.1) is 48.3 Å². The highest BCUT2D eigenvalue weighted by Gasteiger charge is 2.30. The van der Waals surface area contributed by atoms with Gasteiger partial charge in [0.25, 0.3) is 0 Å². The Morgan fingerprint density at radius 1 is 0.792 bits per heavy atom. The fourth-order valence-electron chi connectivity index (χ4n) is 5.09. The van der Waals surface area contributed by atoms with Gasteiger partial charge in [-0.05, 0) is 74.6 Å². The number of rotatable bonds is 4. The van der Waals surface area contributed by atoms with Crippen LogP contribution in [0.5, 0.6) is 0 Å². The van der Waals surface area contributed by atoms with Gasteiger partial charge in [-0.3, -0.25) is 0 Å². The van der Waals surface area contributed by atoms with Crippen molar-refractivity contribution < 1.29 is 19.6 Å². The zero-order valence-corrected chi connectivity index (χ0v) is 36.5. The van der Waals surface area contributed by atoms with Gasteiger partial charge in [0, 0.05) is 48.2 Å². The van der Waals surface area contributed by atoms with Crippen LogP contribution in [0.25, 0.3) is 11.3 Å². The smallest absolute Gasteiger partial charge is 0.423 e. The van der Waals surface area contributed by atoms with E-state index in [2.05, 4.69) is 85.0 Å². The van der Waals surface area contributed by atoms with Crippen molar-refractivity contribution in [3.05, 3.63) is 81.6 Å². The molecule has 14 nitrogen and oxygen atoms in total. The number of anilines is 2. The maximum absolute atomic E-state index is 12.3. The van der Waals surface area contributed by atoms with E-state index in [9.17, 15) is 9.59 Å². The van der Waals surface area contributed by atoms with Gasteiger partial charge in [-0.25, -0.2) is 29.5 Å². The molecule has 0 saturated heterocycles. The zero-order valence-electron chi connectivity index (χ0n) is 28.9. The lowest BCUT2D eigenvalue weighted by atomic mass is 9.80. The summed E-state index contributed by atoms with van der Waals surface area (Å²) in [6, 6.07) is 10.4. The van der Waals surface area contributed by atoms with Crippen molar-refractivity contribution in [2.75, 3.05) is 11.5 Å². The molecular formula is C32H37BBr2Cl3IN10O4. The number of carbonyl (C=O) groups is 2. The van der Waals surface area contributed by atoms with Crippen LogP contribution in [-0.2, 0) is 26.2 Å². The Kier molecular flexibility index (Phi) is 16.6. The fraction of sp³-hybridized carbons (Fsp3) is 0.312. The largest absolute Gasteiger partial charge is 0.489 e. The molecule has 0 saturated carbocycles. The lowest BCUT2D eigenvalue weighted by molar-refractivity contribution is 0.195. The lowest BCUT2D eigenvalue weighted by Crippen LogP contribution is -2.40. The topological polar surface area (TPSA) is 209 Å². The van der Waals surface area contributed by atoms with E-state index in [-0.39, 0.29) is 48.4 Å². The molecule has 8 N–H and O–H groups in total. The third kappa shape index (κ3) is 12.1. The monoisotopic (exact) mass is 1030 g/mol. The normalized spacial score (nSPS) is 12.5. The molecule has 0 spiro atoms. The highest BCUT2D eigenvalue weighted by atomic mass is 127. The van der Waals surface area contributed by atoms with Crippen molar-refractivity contribution in [1.29, 1.82) is 0 Å². The van der Waals surface area contributed by atoms with Gasteiger partial charge in [-0.1, -0.05) is 67.2 Å². The maximum Gasteiger partial charge on any atom is 0.489 e. The summed E-state index contributed by atoms with van der Waals surface area (Å²) < 4.78 is 2.52. The van der Waals surface area contributed by atoms with Crippen molar-refractivity contribution in [2.45, 2.75) is 66.0 Å². The molecule has 4 aromatic rings. The molecule has 0 bridgehead atoms. The quantitative estimate of drug-likeness (QED) is 0.0814. The molecule has 0 unspecified atom stereocenters. The van der Waals surface area contributed by atoms with Crippen molar-refractivity contribution >= 4 is 127 Å². The van der Waals surface area contributed by atoms with Crippen LogP contribution in [-0.4, -0.2) is 71.0 Å². The van der Waals surface area contributed by atoms with Crippen molar-refractivity contribution in [2.24, 2.45) is 0 Å². The Bertz CT molecular complexity index is 1970. The SMILES string of the molecule is CC(C)NC(=O)N1Cc2nc(N)nc(-c3ccc(Br)cc3Cl)c2C1.CC(C)NC(=O)N1Cc2nc(N)nc(I)c2C1.Cl.OB(O)c1ccc(Br)cc1Cl. The first kappa shape index (κ1) is 44.7. The summed E-state index contributed by atoms with van der Waals surface area (Å²) in [6.45, 7) is 9.59. The van der Waals surface area contributed by atoms with Crippen molar-refractivity contribution in [3.8, 4) is 11.3 Å². The number of aromatic nitrogens is 4. The Morgan fingerprint density at radius 3 is 1.75 bits per heavy atom. The molecule has 0 aliphatic carbocycles. The van der Waals surface area contributed by atoms with E-state index in [1.165, 1.54) is 0 Å². The minimum Gasteiger partial charge on any atom is -0.423 e. The number of benzene rings is 2. The maximum atomic E-state index is 12.3. The number of carbonyl (C=O) groups excluding carboxylic acids is 2. The highest BCUT2D eigenvalue weighted by molar-refractivity contribution is 14.1. The van der Waals surface area contributed by atoms with Crippen LogP contribution < -0.4 is 27.6 Å². The van der Waals surface area contributed by atoms with Crippen LogP contribution in [0.15, 0.2) is 45.3 Å². The molecule has 0 atom stereocenters. The van der Waals surface area contributed by atoms with E-state index in [4.69, 9.17) is 44.7 Å². The Hall–Kier alpha value is -2.72. The first-order chi connectivity index (χ1) is 24.4. The van der Waals surface area contributed by atoms with Gasteiger partial charge in [-0.15, -0.1) is 12.4 Å². The number of fused-ring (bicyclic) bond motifs is 2. The van der Waals surface area contributed by atoms with Crippen LogP contribution in [0.4, 0.5) is 21.5 Å². The average molecular weight is 1030 g/mol. The van der Waals surface area contributed by atoms with Gasteiger partial charge in [-0.2, -0.15) is 0 Å². The van der Waals surface area contributed by atoms with E-state index in [1.54, 1.807) is 34.1 Å². The van der Waals surface area contributed by atoms with Crippen LogP contribution in [0, 0.1) is 3.70 Å². The van der Waals surface area contributed by atoms with E-state index in [0.29, 0.717) is 47.4 Å². The van der Waals surface area contributed by atoms with Gasteiger partial charge < -0.3 is 41.9 Å². The third-order valence-electron chi connectivity index (χ3n) is 7.37. The van der Waals surface area contributed by atoms with Crippen molar-refractivity contribution in [3.63, 3.8) is 0 Å². The minimum absolute atomic E-state index is 0. The van der Waals surface area contributed by atoms with Gasteiger partial charge >= 0.3 is 19.2 Å². The third-order valence-corrected chi connectivity index (χ3v) is 9.89. The Balaban J connectivity index is 0.000000228. The Morgan fingerprint density at radius 2 is 1.26 bits per heavy atom. The highest BCUT2D eigenvalue weighted by Crippen LogP contribution is 2.36. The minimum atomic E-state index is -1.50. The number of amides is 4. The van der Waals surface area contributed by atoms with E-state index >= 15 is 0 Å². The zero-order chi connectivity index (χ0) is 38.4. The molecule has 2 aliphatic rings. The first-order valence-electron chi connectivity index (χ1n) is 15.8. The standard InChI is InChI=1S/C16H17BrClN5O.C10H14IN5O.C6H5BBrClO2.ClH/c1-8(2)20-16(24)23-6-11-13(7-23)21-15(19)22-14(11)10-4-3-9(17)5-12(10)18;1-5(2)13-10(17)16-3-6-7(4-16)14-9(12)15-8(6)11;8-4-1-2-5(7(10)11)6(9)3-4;/h3-5,8H,6-7H2,1-2H3,(H,20,24)(H2,19,21,22);5H,3-4H2,1-2H3,(H,13,17)(H2,12,14,15);1-3,10-11H;1H. The molecule has 2 aliphatic heterocycles. The molecule has 4 amide bonds. The molecular weight excluding hydrogens is 992 g/mol. The van der Waals surface area contributed by atoms with Crippen LogP contribution >= 0.6 is 90.1 Å². The van der Waals surface area contributed by atoms with Crippen LogP contribution in [0.3, 0.4) is 0 Å². The second kappa shape index (κ2) is 19.7. The molecule has 2 aromatic carbocycles. The van der Waals surface area contributed by atoms with Crippen molar-refractivity contribution in [1.82, 2.24) is 40.4 Å². The predicted molar refractivity (Wildman–Crippen MR) is 226 cm³/mol. The van der Waals surface area contributed by atoms with Crippen LogP contribution in [0.1, 0.15) is 50.2 Å². The summed E-state index contributed by atoms with van der Waals surface area (Å²) in [5, 5.41) is 24.2. The number of nitrogens with one attached hydrogen (secondary N) is 2. The van der Waals surface area contributed by atoms with Gasteiger partial charge in [0.2, 0.25) is 11.9 Å². The summed E-state index contributed by atoms with van der Waals surface area (Å²) >= 11 is 20.7. The summed E-state index contributed by atoms with van der Waals surface area (Å²) in [6.07, 6.45) is 0. The van der Waals surface area contributed by atoms with E-state index in [0.717, 1.165) is 40.7 Å². The number of hydrogen-bond donors (Lipinski definition) is 6. The summed E-state index contributed by atoms with van der Waals surface area (Å²) in [4.78, 5) is 44.4. The lowest BCUT2D eigenvalue weighted by Gasteiger charge is -2.18. The molecule has 4 heterocycles. The molecule has 284 valence electrons. The van der Waals surface area contributed by atoms with Gasteiger partial charge in [0.1, 0.15) is 3.70 Å². The number of urea groups is 2. The van der Waals surface area contributed by atoms with E-state index in [1.807, 2.05) is 39.8 Å². The molecule has 6 rings (SSSR count). The summed E-state index contributed by atoms with van der Waals surface area (Å²) in [5.74, 6) is 0.438. The molecule has 0 fully saturated rings. The second-order valence-electron chi connectivity index (χ2n) is 12.2. The number of halogens is 6. The molecule has 53 heavy (non-hydrogen) atoms. The summed E-state index contributed by atoms with van der Waals surface area (Å²) in [7, 11) is -1.50. The number of hydrogen-bond acceptors (Lipinski definition) is 10. The van der Waals surface area contributed by atoms with Crippen LogP contribution in [0.2, 0.25) is 10.0 Å². The first-order valence-corrected chi connectivity index (χ1v) is 19.2. The second-order valence-corrected chi connectivity index (χ2v) is 15.9. The predicted octanol–water partition coefficient (Wildman–Crippen LogP) is 5.88. The number of nitrogen functional groups attached to an aromatic ring is 2. The fourth-order valence-corrected chi connectivity index (χ4v) is 7.35. The average Bonchev–Trinajstić information content (AvgIpc) is 3.66. The molecule has 21 heteroatoms. The van der Waals surface area contributed by atoms with Gasteiger partial charge in [0.15, 0.2) is 0 Å². The number of nitrogens with two attached hydrogens (primary N) is 2. The summed E-state index contributed by atoms with van der Waals surface area (Å²) in [5.41, 5.74) is 16.7. The Labute approximate surface area is 354 Å².